The van der Waals surface area contributed by atoms with Crippen LogP contribution in [0.5, 0.6) is 0 Å². The molecular weight excluding hydrogens is 316 g/mol. The highest BCUT2D eigenvalue weighted by molar-refractivity contribution is 7.91. The number of rotatable bonds is 4. The lowest BCUT2D eigenvalue weighted by atomic mass is 10.1. The van der Waals surface area contributed by atoms with E-state index < -0.39 is 22.0 Å². The van der Waals surface area contributed by atoms with Gasteiger partial charge in [0.1, 0.15) is 0 Å². The Morgan fingerprint density at radius 2 is 2.29 bits per heavy atom. The molecule has 0 bridgehead atoms. The first-order chi connectivity index (χ1) is 10.0. The maximum atomic E-state index is 12.8. The van der Waals surface area contributed by atoms with Crippen molar-refractivity contribution in [2.45, 2.75) is 35.9 Å². The first-order valence-corrected chi connectivity index (χ1v) is 8.99. The predicted molar refractivity (Wildman–Crippen MR) is 76.7 cm³/mol. The van der Waals surface area contributed by atoms with E-state index in [1.165, 1.54) is 16.9 Å². The zero-order valence-electron chi connectivity index (χ0n) is 11.7. The van der Waals surface area contributed by atoms with Gasteiger partial charge in [-0.15, -0.1) is 11.3 Å². The van der Waals surface area contributed by atoms with Crippen molar-refractivity contribution in [1.29, 1.82) is 0 Å². The molecule has 118 valence electrons. The van der Waals surface area contributed by atoms with Gasteiger partial charge in [-0.1, -0.05) is 12.8 Å². The molecule has 0 amide bonds. The van der Waals surface area contributed by atoms with Crippen LogP contribution in [0.4, 0.5) is 0 Å². The van der Waals surface area contributed by atoms with E-state index in [1.807, 2.05) is 0 Å². The fourth-order valence-electron chi connectivity index (χ4n) is 2.41. The van der Waals surface area contributed by atoms with Crippen LogP contribution in [0.1, 0.15) is 36.2 Å². The Kier molecular flexibility index (Phi) is 5.31. The number of sulfonamides is 1. The molecule has 0 aromatic carbocycles. The van der Waals surface area contributed by atoms with Crippen molar-refractivity contribution >= 4 is 27.3 Å². The van der Waals surface area contributed by atoms with Crippen LogP contribution in [0.25, 0.3) is 0 Å². The van der Waals surface area contributed by atoms with Crippen LogP contribution in [0.15, 0.2) is 9.72 Å². The second-order valence-electron chi connectivity index (χ2n) is 4.78. The Bertz CT molecular complexity index is 599. The Labute approximate surface area is 127 Å². The number of esters is 1. The average Bonchev–Trinajstić information content (AvgIpc) is 2.85. The molecule has 1 atom stereocenters. The van der Waals surface area contributed by atoms with E-state index in [0.29, 0.717) is 13.0 Å². The monoisotopic (exact) mass is 334 g/mol. The maximum Gasteiger partial charge on any atom is 0.358 e. The topological polar surface area (TPSA) is 96.8 Å². The Hall–Kier alpha value is -1.03. The van der Waals surface area contributed by atoms with Crippen LogP contribution in [0.3, 0.4) is 0 Å². The number of methoxy groups -OCH3 is 1. The number of ether oxygens (including phenoxy) is 1. The summed E-state index contributed by atoms with van der Waals surface area (Å²) in [5.41, 5.74) is 1.12. The molecule has 21 heavy (non-hydrogen) atoms. The summed E-state index contributed by atoms with van der Waals surface area (Å²) in [5, 5.41) is 9.46. The minimum Gasteiger partial charge on any atom is -0.464 e. The van der Waals surface area contributed by atoms with Gasteiger partial charge in [-0.2, -0.15) is 4.31 Å². The summed E-state index contributed by atoms with van der Waals surface area (Å²) in [5.74, 6) is -0.773. The van der Waals surface area contributed by atoms with Crippen molar-refractivity contribution in [2.24, 2.45) is 0 Å². The van der Waals surface area contributed by atoms with Crippen molar-refractivity contribution in [3.8, 4) is 0 Å². The van der Waals surface area contributed by atoms with Crippen LogP contribution in [0.2, 0.25) is 0 Å². The summed E-state index contributed by atoms with van der Waals surface area (Å²) in [6, 6.07) is -0.454. The van der Waals surface area contributed by atoms with Crippen molar-refractivity contribution in [3.05, 3.63) is 11.2 Å². The summed E-state index contributed by atoms with van der Waals surface area (Å²) in [6.45, 7) is 0.109. The minimum absolute atomic E-state index is 0.116. The molecule has 2 heterocycles. The van der Waals surface area contributed by atoms with Crippen molar-refractivity contribution < 1.29 is 23.1 Å². The third-order valence-electron chi connectivity index (χ3n) is 3.49. The van der Waals surface area contributed by atoms with Gasteiger partial charge in [0.25, 0.3) is 10.0 Å². The SMILES string of the molecule is COC(=O)c1ncsc1S(=O)(=O)N1CCCCCC1CO. The van der Waals surface area contributed by atoms with Gasteiger partial charge in [-0.25, -0.2) is 18.2 Å². The van der Waals surface area contributed by atoms with Gasteiger partial charge in [0, 0.05) is 12.6 Å². The number of carbonyl (C=O) groups excluding carboxylic acids is 1. The minimum atomic E-state index is -3.86. The van der Waals surface area contributed by atoms with Crippen LogP contribution >= 0.6 is 11.3 Å². The Morgan fingerprint density at radius 3 is 2.95 bits per heavy atom. The summed E-state index contributed by atoms with van der Waals surface area (Å²) < 4.78 is 31.3. The van der Waals surface area contributed by atoms with E-state index in [4.69, 9.17) is 0 Å². The number of carbonyl (C=O) groups is 1. The van der Waals surface area contributed by atoms with E-state index >= 15 is 0 Å². The summed E-state index contributed by atoms with van der Waals surface area (Å²) in [7, 11) is -2.68. The molecule has 1 fully saturated rings. The lowest BCUT2D eigenvalue weighted by Gasteiger charge is -2.27. The quantitative estimate of drug-likeness (QED) is 0.820. The molecule has 1 unspecified atom stereocenters. The highest BCUT2D eigenvalue weighted by Crippen LogP contribution is 2.29. The standard InChI is InChI=1S/C12H18N2O5S2/c1-19-11(16)10-12(20-8-13-10)21(17,18)14-6-4-2-3-5-9(14)7-15/h8-9,15H,2-7H2,1H3. The van der Waals surface area contributed by atoms with Crippen LogP contribution in [-0.2, 0) is 14.8 Å². The molecule has 1 N–H and O–H groups in total. The molecule has 1 aromatic rings. The van der Waals surface area contributed by atoms with Gasteiger partial charge >= 0.3 is 5.97 Å². The van der Waals surface area contributed by atoms with Crippen molar-refractivity contribution in [3.63, 3.8) is 0 Å². The number of hydrogen-bond acceptors (Lipinski definition) is 7. The number of aliphatic hydroxyl groups excluding tert-OH is 1. The van der Waals surface area contributed by atoms with E-state index in [2.05, 4.69) is 9.72 Å². The number of thiazole rings is 1. The molecule has 0 aliphatic carbocycles. The summed E-state index contributed by atoms with van der Waals surface area (Å²) in [6.07, 6.45) is 3.16. The Morgan fingerprint density at radius 1 is 1.52 bits per heavy atom. The molecule has 1 aromatic heterocycles. The molecule has 0 saturated carbocycles. The number of aliphatic hydroxyl groups is 1. The van der Waals surface area contributed by atoms with Gasteiger partial charge in [0.2, 0.25) is 0 Å². The zero-order valence-corrected chi connectivity index (χ0v) is 13.3. The highest BCUT2D eigenvalue weighted by atomic mass is 32.2. The van der Waals surface area contributed by atoms with E-state index in [1.54, 1.807) is 0 Å². The van der Waals surface area contributed by atoms with Crippen LogP contribution < -0.4 is 0 Å². The Balaban J connectivity index is 2.40. The second-order valence-corrected chi connectivity index (χ2v) is 7.72. The number of aromatic nitrogens is 1. The molecule has 1 saturated heterocycles. The van der Waals surface area contributed by atoms with E-state index in [-0.39, 0.29) is 16.5 Å². The van der Waals surface area contributed by atoms with Gasteiger partial charge in [-0.05, 0) is 12.8 Å². The molecule has 2 rings (SSSR count). The van der Waals surface area contributed by atoms with Crippen LogP contribution in [-0.4, -0.2) is 55.1 Å². The van der Waals surface area contributed by atoms with Gasteiger partial charge in [0.05, 0.1) is 19.2 Å². The first-order valence-electron chi connectivity index (χ1n) is 6.67. The normalized spacial score (nSPS) is 21.0. The highest BCUT2D eigenvalue weighted by Gasteiger charge is 2.36. The van der Waals surface area contributed by atoms with Crippen molar-refractivity contribution in [1.82, 2.24) is 9.29 Å². The lowest BCUT2D eigenvalue weighted by Crippen LogP contribution is -2.42. The second kappa shape index (κ2) is 6.82. The van der Waals surface area contributed by atoms with Crippen LogP contribution in [0, 0.1) is 0 Å². The fraction of sp³-hybridized carbons (Fsp3) is 0.667. The van der Waals surface area contributed by atoms with Gasteiger partial charge in [-0.3, -0.25) is 0 Å². The maximum absolute atomic E-state index is 12.8. The first kappa shape index (κ1) is 16.3. The lowest BCUT2D eigenvalue weighted by molar-refractivity contribution is 0.0590. The third-order valence-corrected chi connectivity index (χ3v) is 6.79. The number of hydrogen-bond donors (Lipinski definition) is 1. The van der Waals surface area contributed by atoms with Crippen molar-refractivity contribution in [2.75, 3.05) is 20.3 Å². The van der Waals surface area contributed by atoms with E-state index in [0.717, 1.165) is 30.6 Å². The molecule has 0 radical (unpaired) electrons. The number of nitrogens with zero attached hydrogens (tertiary/aromatic N) is 2. The van der Waals surface area contributed by atoms with Gasteiger partial charge < -0.3 is 9.84 Å². The zero-order chi connectivity index (χ0) is 15.5. The van der Waals surface area contributed by atoms with E-state index in [9.17, 15) is 18.3 Å². The molecule has 1 aliphatic rings. The fourth-order valence-corrected chi connectivity index (χ4v) is 5.34. The molecular formula is C12H18N2O5S2. The summed E-state index contributed by atoms with van der Waals surface area (Å²) in [4.78, 5) is 15.4. The molecule has 0 spiro atoms. The average molecular weight is 334 g/mol. The smallest absolute Gasteiger partial charge is 0.358 e. The predicted octanol–water partition coefficient (Wildman–Crippen LogP) is 0.855. The molecule has 7 nitrogen and oxygen atoms in total. The summed E-state index contributed by atoms with van der Waals surface area (Å²) >= 11 is 0.890. The largest absolute Gasteiger partial charge is 0.464 e. The molecule has 1 aliphatic heterocycles. The molecule has 9 heteroatoms. The third kappa shape index (κ3) is 3.25. The van der Waals surface area contributed by atoms with Gasteiger partial charge in [0.15, 0.2) is 9.90 Å².